The second-order valence-electron chi connectivity index (χ2n) is 9.58. The first-order valence-corrected chi connectivity index (χ1v) is 14.8. The number of carbonyl (C=O) groups excluding carboxylic acids is 1. The normalized spacial score (nSPS) is 21.6. The fourth-order valence-corrected chi connectivity index (χ4v) is 6.16. The average Bonchev–Trinajstić information content (AvgIpc) is 3.42. The fraction of sp³-hybridized carbons (Fsp3) is 0.407. The smallest absolute Gasteiger partial charge is 0.261 e. The number of hydrogen-bond acceptors (Lipinski definition) is 8. The number of fused-ring (bicyclic) bond motifs is 1. The van der Waals surface area contributed by atoms with Gasteiger partial charge in [0.2, 0.25) is 0 Å². The minimum absolute atomic E-state index is 0.0105. The molecule has 3 atom stereocenters. The predicted molar refractivity (Wildman–Crippen MR) is 148 cm³/mol. The van der Waals surface area contributed by atoms with Gasteiger partial charge in [-0.15, -0.1) is 11.3 Å². The molecule has 9 nitrogen and oxygen atoms in total. The summed E-state index contributed by atoms with van der Waals surface area (Å²) in [7, 11) is -0.398. The van der Waals surface area contributed by atoms with E-state index in [0.717, 1.165) is 11.6 Å². The van der Waals surface area contributed by atoms with Gasteiger partial charge in [0.1, 0.15) is 17.4 Å². The van der Waals surface area contributed by atoms with Crippen LogP contribution >= 0.6 is 11.3 Å². The van der Waals surface area contributed by atoms with Crippen molar-refractivity contribution in [1.82, 2.24) is 14.8 Å². The molecule has 0 aliphatic carbocycles. The van der Waals surface area contributed by atoms with Crippen molar-refractivity contribution in [2.24, 2.45) is 5.92 Å². The third-order valence-electron chi connectivity index (χ3n) is 6.70. The summed E-state index contributed by atoms with van der Waals surface area (Å²) < 4.78 is 40.4. The van der Waals surface area contributed by atoms with E-state index < -0.39 is 10.0 Å². The summed E-state index contributed by atoms with van der Waals surface area (Å²) in [4.78, 5) is 22.0. The molecule has 1 aliphatic heterocycles. The SMILES string of the molecule is CO[C@H]1CN(C)C(=O)c2ccc(NS(=O)(=O)c3ccccc3)cc2OC[C@H](C)N(Cc2nccs2)C[C@@H]1C. The van der Waals surface area contributed by atoms with Crippen LogP contribution < -0.4 is 9.46 Å². The molecule has 1 aliphatic rings. The summed E-state index contributed by atoms with van der Waals surface area (Å²) >= 11 is 1.61. The summed E-state index contributed by atoms with van der Waals surface area (Å²) in [6.45, 7) is 6.30. The molecule has 0 fully saturated rings. The fourth-order valence-electron chi connectivity index (χ4n) is 4.45. The number of aromatic nitrogens is 1. The number of benzene rings is 2. The van der Waals surface area contributed by atoms with Gasteiger partial charge in [-0.2, -0.15) is 0 Å². The van der Waals surface area contributed by atoms with Gasteiger partial charge in [-0.05, 0) is 37.1 Å². The number of carbonyl (C=O) groups is 1. The van der Waals surface area contributed by atoms with Gasteiger partial charge in [0.05, 0.1) is 28.8 Å². The number of nitrogens with zero attached hydrogens (tertiary/aromatic N) is 3. The van der Waals surface area contributed by atoms with E-state index in [0.29, 0.717) is 36.7 Å². The Morgan fingerprint density at radius 1 is 1.16 bits per heavy atom. The molecular formula is C27H34N4O5S2. The van der Waals surface area contributed by atoms with Crippen molar-refractivity contribution in [2.75, 3.05) is 38.6 Å². The highest BCUT2D eigenvalue weighted by atomic mass is 32.2. The molecule has 2 aromatic carbocycles. The number of ether oxygens (including phenoxy) is 2. The number of thiazole rings is 1. The Bertz CT molecular complexity index is 1320. The van der Waals surface area contributed by atoms with Crippen molar-refractivity contribution in [3.05, 3.63) is 70.7 Å². The van der Waals surface area contributed by atoms with E-state index in [1.54, 1.807) is 73.0 Å². The Morgan fingerprint density at radius 2 is 1.92 bits per heavy atom. The zero-order valence-corrected chi connectivity index (χ0v) is 23.7. The van der Waals surface area contributed by atoms with Gasteiger partial charge in [-0.25, -0.2) is 13.4 Å². The molecule has 0 saturated carbocycles. The standard InChI is InChI=1S/C27H34N4O5S2/c1-19-15-31(17-26-28-12-13-37-26)20(2)18-36-24-14-21(29-38(33,34)22-8-6-5-7-9-22)10-11-23(24)27(32)30(3)16-25(19)35-4/h5-14,19-20,25,29H,15-18H2,1-4H3/t19-,20-,25-/m0/s1. The van der Waals surface area contributed by atoms with E-state index in [-0.39, 0.29) is 28.9 Å². The van der Waals surface area contributed by atoms with Gasteiger partial charge in [0.25, 0.3) is 15.9 Å². The number of likely N-dealkylation sites (N-methyl/N-ethyl adjacent to an activating group) is 1. The third-order valence-corrected chi connectivity index (χ3v) is 8.86. The maximum absolute atomic E-state index is 13.4. The summed E-state index contributed by atoms with van der Waals surface area (Å²) in [5, 5.41) is 2.97. The third kappa shape index (κ3) is 6.71. The molecule has 1 N–H and O–H groups in total. The molecule has 0 unspecified atom stereocenters. The first-order valence-electron chi connectivity index (χ1n) is 12.4. The van der Waals surface area contributed by atoms with E-state index in [2.05, 4.69) is 28.5 Å². The van der Waals surface area contributed by atoms with Crippen LogP contribution in [0.15, 0.2) is 65.0 Å². The highest BCUT2D eigenvalue weighted by Gasteiger charge is 2.29. The number of anilines is 1. The average molecular weight is 559 g/mol. The largest absolute Gasteiger partial charge is 0.491 e. The van der Waals surface area contributed by atoms with Crippen LogP contribution in [0.3, 0.4) is 0 Å². The minimum atomic E-state index is -3.80. The molecule has 11 heteroatoms. The van der Waals surface area contributed by atoms with Crippen LogP contribution in [0.4, 0.5) is 5.69 Å². The number of amides is 1. The highest BCUT2D eigenvalue weighted by Crippen LogP contribution is 2.28. The van der Waals surface area contributed by atoms with E-state index >= 15 is 0 Å². The van der Waals surface area contributed by atoms with E-state index in [1.165, 1.54) is 12.1 Å². The number of methoxy groups -OCH3 is 1. The monoisotopic (exact) mass is 558 g/mol. The molecule has 4 rings (SSSR count). The van der Waals surface area contributed by atoms with Crippen LogP contribution in [0.2, 0.25) is 0 Å². The second-order valence-corrected chi connectivity index (χ2v) is 12.2. The van der Waals surface area contributed by atoms with E-state index in [9.17, 15) is 13.2 Å². The van der Waals surface area contributed by atoms with Crippen LogP contribution in [0.1, 0.15) is 29.2 Å². The Morgan fingerprint density at radius 3 is 2.61 bits per heavy atom. The lowest BCUT2D eigenvalue weighted by Gasteiger charge is -2.35. The Hall–Kier alpha value is -2.99. The number of hydrogen-bond donors (Lipinski definition) is 1. The first kappa shape index (κ1) is 28.0. The molecule has 0 radical (unpaired) electrons. The van der Waals surface area contributed by atoms with Gasteiger partial charge in [0.15, 0.2) is 0 Å². The lowest BCUT2D eigenvalue weighted by molar-refractivity contribution is 0.00921. The van der Waals surface area contributed by atoms with Crippen LogP contribution in [0, 0.1) is 5.92 Å². The van der Waals surface area contributed by atoms with E-state index in [1.807, 2.05) is 5.38 Å². The molecule has 0 bridgehead atoms. The van der Waals surface area contributed by atoms with Gasteiger partial charge in [-0.3, -0.25) is 14.4 Å². The number of sulfonamides is 1. The Balaban J connectivity index is 1.65. The lowest BCUT2D eigenvalue weighted by Crippen LogP contribution is -2.46. The molecule has 1 aromatic heterocycles. The summed E-state index contributed by atoms with van der Waals surface area (Å²) in [5.41, 5.74) is 0.669. The van der Waals surface area contributed by atoms with Crippen molar-refractivity contribution < 1.29 is 22.7 Å². The zero-order valence-electron chi connectivity index (χ0n) is 22.0. The van der Waals surface area contributed by atoms with Crippen molar-refractivity contribution >= 4 is 33.0 Å². The topological polar surface area (TPSA) is 101 Å². The van der Waals surface area contributed by atoms with Crippen molar-refractivity contribution in [3.63, 3.8) is 0 Å². The van der Waals surface area contributed by atoms with Gasteiger partial charge in [-0.1, -0.05) is 25.1 Å². The van der Waals surface area contributed by atoms with Crippen molar-refractivity contribution in [3.8, 4) is 5.75 Å². The van der Waals surface area contributed by atoms with Crippen LogP contribution in [0.25, 0.3) is 0 Å². The molecule has 38 heavy (non-hydrogen) atoms. The van der Waals surface area contributed by atoms with Gasteiger partial charge < -0.3 is 14.4 Å². The molecule has 3 aromatic rings. The second kappa shape index (κ2) is 12.2. The Labute approximate surface area is 228 Å². The molecule has 1 amide bonds. The maximum Gasteiger partial charge on any atom is 0.261 e. The van der Waals surface area contributed by atoms with Crippen LogP contribution in [0.5, 0.6) is 5.75 Å². The first-order chi connectivity index (χ1) is 18.2. The highest BCUT2D eigenvalue weighted by molar-refractivity contribution is 7.92. The number of nitrogens with one attached hydrogen (secondary N) is 1. The van der Waals surface area contributed by atoms with Gasteiger partial charge in [0, 0.05) is 50.9 Å². The predicted octanol–water partition coefficient (Wildman–Crippen LogP) is 3.95. The molecule has 204 valence electrons. The maximum atomic E-state index is 13.4. The summed E-state index contributed by atoms with van der Waals surface area (Å²) in [6, 6.07) is 12.9. The van der Waals surface area contributed by atoms with E-state index in [4.69, 9.17) is 9.47 Å². The van der Waals surface area contributed by atoms with Crippen LogP contribution in [-0.4, -0.2) is 75.1 Å². The molecule has 0 saturated heterocycles. The lowest BCUT2D eigenvalue weighted by atomic mass is 10.0. The van der Waals surface area contributed by atoms with Crippen molar-refractivity contribution in [1.29, 1.82) is 0 Å². The molecule has 0 spiro atoms. The minimum Gasteiger partial charge on any atom is -0.491 e. The Kier molecular flexibility index (Phi) is 9.03. The quantitative estimate of drug-likeness (QED) is 0.489. The van der Waals surface area contributed by atoms with Crippen molar-refractivity contribution in [2.45, 2.75) is 37.4 Å². The molecular weight excluding hydrogens is 524 g/mol. The van der Waals surface area contributed by atoms with Crippen LogP contribution in [-0.2, 0) is 21.3 Å². The summed E-state index contributed by atoms with van der Waals surface area (Å²) in [6.07, 6.45) is 1.63. The van der Waals surface area contributed by atoms with Gasteiger partial charge >= 0.3 is 0 Å². The zero-order chi connectivity index (χ0) is 27.3. The number of rotatable bonds is 6. The molecule has 2 heterocycles. The summed E-state index contributed by atoms with van der Waals surface area (Å²) in [5.74, 6) is 0.240.